The molecule has 1 atom stereocenters. The maximum Gasteiger partial charge on any atom is 0.274 e. The van der Waals surface area contributed by atoms with Crippen LogP contribution in [-0.2, 0) is 9.53 Å². The summed E-state index contributed by atoms with van der Waals surface area (Å²) in [6.07, 6.45) is 1.69. The number of carbonyl (C=O) groups is 1. The van der Waals surface area contributed by atoms with Crippen molar-refractivity contribution in [2.75, 3.05) is 43.2 Å². The van der Waals surface area contributed by atoms with Crippen molar-refractivity contribution in [3.8, 4) is 0 Å². The van der Waals surface area contributed by atoms with Gasteiger partial charge in [-0.25, -0.2) is 4.98 Å². The third kappa shape index (κ3) is 3.84. The number of carbonyl (C=O) groups excluding carboxylic acids is 1. The minimum atomic E-state index is -0.223. The number of nitrogens with one attached hydrogen (secondary N) is 2. The molecule has 1 fully saturated rings. The Bertz CT molecular complexity index is 844. The topological polar surface area (TPSA) is 78.9 Å². The smallest absolute Gasteiger partial charge is 0.274 e. The number of amides is 1. The summed E-state index contributed by atoms with van der Waals surface area (Å²) in [5.41, 5.74) is 3.04. The van der Waals surface area contributed by atoms with Crippen LogP contribution in [0.3, 0.4) is 0 Å². The van der Waals surface area contributed by atoms with E-state index in [0.717, 1.165) is 30.0 Å². The van der Waals surface area contributed by atoms with E-state index in [1.165, 1.54) is 0 Å². The van der Waals surface area contributed by atoms with Gasteiger partial charge >= 0.3 is 0 Å². The van der Waals surface area contributed by atoms with Crippen molar-refractivity contribution in [1.29, 1.82) is 0 Å². The van der Waals surface area contributed by atoms with Crippen LogP contribution < -0.4 is 15.5 Å². The van der Waals surface area contributed by atoms with Crippen LogP contribution in [0.1, 0.15) is 24.1 Å². The van der Waals surface area contributed by atoms with Gasteiger partial charge in [0.2, 0.25) is 0 Å². The SMILES string of the molecule is CC1NCN=C(C(=O)Nc2ccc(N3CCOCC3)nc2)c2ccccc21. The summed E-state index contributed by atoms with van der Waals surface area (Å²) in [4.78, 5) is 24.0. The Labute approximate surface area is 158 Å². The fraction of sp³-hybridized carbons (Fsp3) is 0.350. The van der Waals surface area contributed by atoms with Gasteiger partial charge in [0.1, 0.15) is 11.5 Å². The molecule has 0 bridgehead atoms. The van der Waals surface area contributed by atoms with Gasteiger partial charge in [-0.05, 0) is 24.6 Å². The molecule has 27 heavy (non-hydrogen) atoms. The van der Waals surface area contributed by atoms with Crippen LogP contribution in [0, 0.1) is 0 Å². The van der Waals surface area contributed by atoms with Crippen molar-refractivity contribution in [1.82, 2.24) is 10.3 Å². The zero-order chi connectivity index (χ0) is 18.6. The third-order valence-electron chi connectivity index (χ3n) is 4.87. The maximum atomic E-state index is 12.9. The van der Waals surface area contributed by atoms with Gasteiger partial charge in [0.05, 0.1) is 31.8 Å². The molecule has 1 saturated heterocycles. The molecule has 0 radical (unpaired) electrons. The second-order valence-corrected chi connectivity index (χ2v) is 6.64. The number of fused-ring (bicyclic) bond motifs is 1. The Hall–Kier alpha value is -2.77. The number of pyridine rings is 1. The Balaban J connectivity index is 1.50. The normalized spacial score (nSPS) is 19.7. The van der Waals surface area contributed by atoms with Crippen LogP contribution in [-0.4, -0.2) is 49.6 Å². The lowest BCUT2D eigenvalue weighted by Crippen LogP contribution is -2.36. The Morgan fingerprint density at radius 1 is 1.22 bits per heavy atom. The number of aromatic nitrogens is 1. The Morgan fingerprint density at radius 2 is 2.04 bits per heavy atom. The molecule has 7 nitrogen and oxygen atoms in total. The van der Waals surface area contributed by atoms with Crippen LogP contribution in [0.15, 0.2) is 47.6 Å². The van der Waals surface area contributed by atoms with E-state index in [4.69, 9.17) is 4.74 Å². The number of ether oxygens (including phenoxy) is 1. The monoisotopic (exact) mass is 365 g/mol. The van der Waals surface area contributed by atoms with Crippen molar-refractivity contribution >= 4 is 23.1 Å². The molecule has 1 amide bonds. The lowest BCUT2D eigenvalue weighted by atomic mass is 9.98. The maximum absolute atomic E-state index is 12.9. The van der Waals surface area contributed by atoms with E-state index in [9.17, 15) is 4.79 Å². The molecule has 140 valence electrons. The largest absolute Gasteiger partial charge is 0.378 e. The first-order chi connectivity index (χ1) is 13.2. The number of aliphatic imine (C=N–C) groups is 1. The molecule has 2 N–H and O–H groups in total. The zero-order valence-corrected chi connectivity index (χ0v) is 15.3. The molecule has 3 heterocycles. The number of benzene rings is 1. The number of morpholine rings is 1. The number of anilines is 2. The fourth-order valence-electron chi connectivity index (χ4n) is 3.37. The van der Waals surface area contributed by atoms with Crippen LogP contribution in [0.25, 0.3) is 0 Å². The molecule has 1 aromatic heterocycles. The number of hydrogen-bond donors (Lipinski definition) is 2. The molecule has 0 spiro atoms. The predicted molar refractivity (Wildman–Crippen MR) is 105 cm³/mol. The number of rotatable bonds is 3. The van der Waals surface area contributed by atoms with Gasteiger partial charge in [-0.1, -0.05) is 24.3 Å². The van der Waals surface area contributed by atoms with Gasteiger partial charge < -0.3 is 15.0 Å². The van der Waals surface area contributed by atoms with E-state index in [1.807, 2.05) is 36.4 Å². The second kappa shape index (κ2) is 7.85. The summed E-state index contributed by atoms with van der Waals surface area (Å²) in [6.45, 7) is 5.57. The van der Waals surface area contributed by atoms with Gasteiger partial charge in [0, 0.05) is 24.7 Å². The zero-order valence-electron chi connectivity index (χ0n) is 15.3. The number of nitrogens with zero attached hydrogens (tertiary/aromatic N) is 3. The first kappa shape index (κ1) is 17.6. The minimum Gasteiger partial charge on any atom is -0.378 e. The molecule has 1 aromatic carbocycles. The van der Waals surface area contributed by atoms with Gasteiger partial charge in [0.25, 0.3) is 5.91 Å². The highest BCUT2D eigenvalue weighted by Gasteiger charge is 2.22. The summed E-state index contributed by atoms with van der Waals surface area (Å²) < 4.78 is 5.37. The average molecular weight is 365 g/mol. The van der Waals surface area contributed by atoms with Gasteiger partial charge in [-0.2, -0.15) is 0 Å². The van der Waals surface area contributed by atoms with E-state index in [-0.39, 0.29) is 11.9 Å². The summed E-state index contributed by atoms with van der Waals surface area (Å²) in [6, 6.07) is 11.8. The van der Waals surface area contributed by atoms with Gasteiger partial charge in [-0.3, -0.25) is 15.1 Å². The lowest BCUT2D eigenvalue weighted by molar-refractivity contribution is -0.110. The highest BCUT2D eigenvalue weighted by atomic mass is 16.5. The van der Waals surface area contributed by atoms with Crippen molar-refractivity contribution in [2.24, 2.45) is 4.99 Å². The van der Waals surface area contributed by atoms with E-state index in [0.29, 0.717) is 31.3 Å². The van der Waals surface area contributed by atoms with Crippen LogP contribution in [0.5, 0.6) is 0 Å². The highest BCUT2D eigenvalue weighted by Crippen LogP contribution is 2.22. The van der Waals surface area contributed by atoms with Crippen molar-refractivity contribution in [3.05, 3.63) is 53.7 Å². The molecule has 2 aliphatic heterocycles. The fourth-order valence-corrected chi connectivity index (χ4v) is 3.37. The molecule has 0 saturated carbocycles. The minimum absolute atomic E-state index is 0.143. The Kier molecular flexibility index (Phi) is 5.13. The van der Waals surface area contributed by atoms with Crippen molar-refractivity contribution in [2.45, 2.75) is 13.0 Å². The first-order valence-electron chi connectivity index (χ1n) is 9.19. The van der Waals surface area contributed by atoms with Gasteiger partial charge in [-0.15, -0.1) is 0 Å². The van der Waals surface area contributed by atoms with Crippen molar-refractivity contribution < 1.29 is 9.53 Å². The Morgan fingerprint density at radius 3 is 2.81 bits per heavy atom. The lowest BCUT2D eigenvalue weighted by Gasteiger charge is -2.27. The first-order valence-corrected chi connectivity index (χ1v) is 9.19. The second-order valence-electron chi connectivity index (χ2n) is 6.64. The van der Waals surface area contributed by atoms with Crippen LogP contribution in [0.2, 0.25) is 0 Å². The summed E-state index contributed by atoms with van der Waals surface area (Å²) in [5.74, 6) is 0.672. The van der Waals surface area contributed by atoms with E-state index in [2.05, 4.69) is 32.4 Å². The van der Waals surface area contributed by atoms with E-state index < -0.39 is 0 Å². The summed E-state index contributed by atoms with van der Waals surface area (Å²) in [7, 11) is 0. The summed E-state index contributed by atoms with van der Waals surface area (Å²) in [5, 5.41) is 6.22. The molecule has 0 aliphatic carbocycles. The molecule has 2 aliphatic rings. The van der Waals surface area contributed by atoms with Crippen LogP contribution in [0.4, 0.5) is 11.5 Å². The highest BCUT2D eigenvalue weighted by molar-refractivity contribution is 6.49. The van der Waals surface area contributed by atoms with Crippen LogP contribution >= 0.6 is 0 Å². The molecule has 2 aromatic rings. The van der Waals surface area contributed by atoms with Gasteiger partial charge in [0.15, 0.2) is 0 Å². The molecular weight excluding hydrogens is 342 g/mol. The average Bonchev–Trinajstić information content (AvgIpc) is 2.88. The quantitative estimate of drug-likeness (QED) is 0.869. The van der Waals surface area contributed by atoms with E-state index >= 15 is 0 Å². The third-order valence-corrected chi connectivity index (χ3v) is 4.87. The molecular formula is C20H23N5O2. The standard InChI is InChI=1S/C20H23N5O2/c1-14-16-4-2-3-5-17(16)19(23-13-22-14)20(26)24-15-6-7-18(21-12-15)25-8-10-27-11-9-25/h2-7,12,14,22H,8-11,13H2,1H3,(H,24,26). The molecule has 7 heteroatoms. The molecule has 4 rings (SSSR count). The van der Waals surface area contributed by atoms with Crippen molar-refractivity contribution in [3.63, 3.8) is 0 Å². The predicted octanol–water partition coefficient (Wildman–Crippen LogP) is 1.97. The summed E-state index contributed by atoms with van der Waals surface area (Å²) >= 11 is 0. The molecule has 1 unspecified atom stereocenters. The van der Waals surface area contributed by atoms with E-state index in [1.54, 1.807) is 6.20 Å². The number of hydrogen-bond acceptors (Lipinski definition) is 6.